The van der Waals surface area contributed by atoms with Gasteiger partial charge in [-0.25, -0.2) is 18.1 Å². The molecule has 2 heterocycles. The summed E-state index contributed by atoms with van der Waals surface area (Å²) >= 11 is 0. The molecule has 0 saturated carbocycles. The zero-order chi connectivity index (χ0) is 13.2. The predicted molar refractivity (Wildman–Crippen MR) is 63.3 cm³/mol. The molecule has 1 aromatic rings. The molecule has 0 bridgehead atoms. The van der Waals surface area contributed by atoms with Gasteiger partial charge in [-0.1, -0.05) is 0 Å². The Morgan fingerprint density at radius 2 is 2.39 bits per heavy atom. The van der Waals surface area contributed by atoms with Crippen LogP contribution in [0, 0.1) is 0 Å². The Morgan fingerprint density at radius 3 is 3.00 bits per heavy atom. The molecule has 1 unspecified atom stereocenters. The second-order valence-corrected chi connectivity index (χ2v) is 6.09. The summed E-state index contributed by atoms with van der Waals surface area (Å²) in [4.78, 5) is 17.4. The quantitative estimate of drug-likeness (QED) is 0.731. The molecule has 1 amide bonds. The molecule has 1 aliphatic heterocycles. The Labute approximate surface area is 105 Å². The van der Waals surface area contributed by atoms with Crippen molar-refractivity contribution in [2.75, 3.05) is 19.3 Å². The molecular weight excluding hydrogens is 258 g/mol. The highest BCUT2D eigenvalue weighted by atomic mass is 32.2. The second-order valence-electron chi connectivity index (χ2n) is 4.31. The lowest BCUT2D eigenvalue weighted by Crippen LogP contribution is -2.49. The first-order chi connectivity index (χ1) is 8.46. The van der Waals surface area contributed by atoms with Gasteiger partial charge < -0.3 is 4.90 Å². The molecule has 18 heavy (non-hydrogen) atoms. The number of aromatic amines is 1. The Morgan fingerprint density at radius 1 is 1.61 bits per heavy atom. The second kappa shape index (κ2) is 5.02. The number of carbonyl (C=O) groups excluding carboxylic acids is 1. The highest BCUT2D eigenvalue weighted by molar-refractivity contribution is 7.88. The fraction of sp³-hybridized carbons (Fsp3) is 0.667. The van der Waals surface area contributed by atoms with E-state index < -0.39 is 10.0 Å². The van der Waals surface area contributed by atoms with Crippen LogP contribution in [0.15, 0.2) is 6.33 Å². The van der Waals surface area contributed by atoms with Crippen LogP contribution >= 0.6 is 0 Å². The number of sulfonamides is 1. The van der Waals surface area contributed by atoms with E-state index in [0.29, 0.717) is 13.1 Å². The van der Waals surface area contributed by atoms with Gasteiger partial charge in [-0.2, -0.15) is 5.10 Å². The van der Waals surface area contributed by atoms with Crippen molar-refractivity contribution in [1.29, 1.82) is 0 Å². The topological polar surface area (TPSA) is 108 Å². The third-order valence-corrected chi connectivity index (χ3v) is 3.47. The Hall–Kier alpha value is -1.48. The lowest BCUT2D eigenvalue weighted by atomic mass is 10.1. The minimum atomic E-state index is -3.25. The average molecular weight is 273 g/mol. The van der Waals surface area contributed by atoms with E-state index in [4.69, 9.17) is 0 Å². The maximum atomic E-state index is 12.0. The summed E-state index contributed by atoms with van der Waals surface area (Å²) in [5.41, 5.74) is 0. The maximum absolute atomic E-state index is 12.0. The largest absolute Gasteiger partial charge is 0.334 e. The summed E-state index contributed by atoms with van der Waals surface area (Å²) in [7, 11) is -3.25. The molecule has 0 radical (unpaired) electrons. The van der Waals surface area contributed by atoms with Gasteiger partial charge in [0, 0.05) is 19.1 Å². The van der Waals surface area contributed by atoms with Crippen molar-refractivity contribution in [3.8, 4) is 0 Å². The molecule has 1 saturated heterocycles. The number of nitrogens with zero attached hydrogens (tertiary/aromatic N) is 3. The van der Waals surface area contributed by atoms with Crippen molar-refractivity contribution in [3.05, 3.63) is 12.2 Å². The van der Waals surface area contributed by atoms with E-state index in [-0.39, 0.29) is 17.8 Å². The number of rotatable bonds is 3. The molecular formula is C9H15N5O3S. The number of piperidine rings is 1. The average Bonchev–Trinajstić information content (AvgIpc) is 2.79. The van der Waals surface area contributed by atoms with E-state index in [2.05, 4.69) is 19.9 Å². The smallest absolute Gasteiger partial charge is 0.291 e. The molecule has 1 aromatic heterocycles. The van der Waals surface area contributed by atoms with E-state index in [0.717, 1.165) is 19.1 Å². The SMILES string of the molecule is CS(=O)(=O)NC1CCCN(C(=O)c2ncn[nH]2)C1. The molecule has 8 nitrogen and oxygen atoms in total. The summed E-state index contributed by atoms with van der Waals surface area (Å²) in [5.74, 6) is -0.0810. The van der Waals surface area contributed by atoms with Crippen LogP contribution in [0.3, 0.4) is 0 Å². The monoisotopic (exact) mass is 273 g/mol. The third kappa shape index (κ3) is 3.26. The highest BCUT2D eigenvalue weighted by Crippen LogP contribution is 2.12. The first-order valence-corrected chi connectivity index (χ1v) is 7.47. The molecule has 100 valence electrons. The standard InChI is InChI=1S/C9H15N5O3S/c1-18(16,17)13-7-3-2-4-14(5-7)9(15)8-10-6-11-12-8/h6-7,13H,2-5H2,1H3,(H,10,11,12). The minimum absolute atomic E-state index is 0.176. The van der Waals surface area contributed by atoms with Crippen LogP contribution in [-0.2, 0) is 10.0 Å². The molecule has 2 rings (SSSR count). The summed E-state index contributed by atoms with van der Waals surface area (Å²) in [6.07, 6.45) is 3.87. The summed E-state index contributed by atoms with van der Waals surface area (Å²) in [6.45, 7) is 0.952. The fourth-order valence-corrected chi connectivity index (χ4v) is 2.82. The Balaban J connectivity index is 2.01. The van der Waals surface area contributed by atoms with Crippen LogP contribution in [0.2, 0.25) is 0 Å². The van der Waals surface area contributed by atoms with E-state index in [1.807, 2.05) is 0 Å². The van der Waals surface area contributed by atoms with Crippen molar-refractivity contribution in [1.82, 2.24) is 24.8 Å². The normalized spacial score (nSPS) is 20.9. The van der Waals surface area contributed by atoms with Crippen LogP contribution in [0.1, 0.15) is 23.5 Å². The van der Waals surface area contributed by atoms with Gasteiger partial charge in [0.1, 0.15) is 6.33 Å². The molecule has 0 spiro atoms. The molecule has 1 fully saturated rings. The number of H-pyrrole nitrogens is 1. The van der Waals surface area contributed by atoms with Gasteiger partial charge in [0.05, 0.1) is 6.26 Å². The van der Waals surface area contributed by atoms with Gasteiger partial charge >= 0.3 is 0 Å². The van der Waals surface area contributed by atoms with Crippen molar-refractivity contribution in [2.45, 2.75) is 18.9 Å². The molecule has 0 aromatic carbocycles. The summed E-state index contributed by atoms with van der Waals surface area (Å²) in [6, 6.07) is -0.236. The molecule has 9 heteroatoms. The zero-order valence-corrected chi connectivity index (χ0v) is 10.8. The van der Waals surface area contributed by atoms with Crippen molar-refractivity contribution in [3.63, 3.8) is 0 Å². The first kappa shape index (κ1) is 13.0. The maximum Gasteiger partial charge on any atom is 0.291 e. The molecule has 0 aliphatic carbocycles. The number of hydrogen-bond acceptors (Lipinski definition) is 5. The lowest BCUT2D eigenvalue weighted by Gasteiger charge is -2.32. The van der Waals surface area contributed by atoms with Gasteiger partial charge in [0.15, 0.2) is 0 Å². The number of aromatic nitrogens is 3. The number of amides is 1. The highest BCUT2D eigenvalue weighted by Gasteiger charge is 2.27. The van der Waals surface area contributed by atoms with Crippen LogP contribution in [-0.4, -0.2) is 59.8 Å². The molecule has 1 aliphatic rings. The van der Waals surface area contributed by atoms with Gasteiger partial charge in [-0.05, 0) is 12.8 Å². The summed E-state index contributed by atoms with van der Waals surface area (Å²) < 4.78 is 24.8. The van der Waals surface area contributed by atoms with E-state index in [9.17, 15) is 13.2 Å². The Bertz CT molecular complexity index is 512. The number of likely N-dealkylation sites (tertiary alicyclic amines) is 1. The van der Waals surface area contributed by atoms with Gasteiger partial charge in [-0.3, -0.25) is 9.89 Å². The Kier molecular flexibility index (Phi) is 3.62. The lowest BCUT2D eigenvalue weighted by molar-refractivity contribution is 0.0691. The number of hydrogen-bond donors (Lipinski definition) is 2. The number of carbonyl (C=O) groups is 1. The van der Waals surface area contributed by atoms with Crippen LogP contribution in [0.5, 0.6) is 0 Å². The van der Waals surface area contributed by atoms with E-state index in [1.54, 1.807) is 4.90 Å². The van der Waals surface area contributed by atoms with E-state index >= 15 is 0 Å². The first-order valence-electron chi connectivity index (χ1n) is 5.57. The van der Waals surface area contributed by atoms with Crippen molar-refractivity contribution >= 4 is 15.9 Å². The predicted octanol–water partition coefficient (Wildman–Crippen LogP) is -1.04. The zero-order valence-electron chi connectivity index (χ0n) is 9.96. The van der Waals surface area contributed by atoms with Crippen LogP contribution < -0.4 is 4.72 Å². The minimum Gasteiger partial charge on any atom is -0.334 e. The van der Waals surface area contributed by atoms with Crippen LogP contribution in [0.25, 0.3) is 0 Å². The van der Waals surface area contributed by atoms with Gasteiger partial charge in [0.25, 0.3) is 5.91 Å². The number of nitrogens with one attached hydrogen (secondary N) is 2. The van der Waals surface area contributed by atoms with Gasteiger partial charge in [0.2, 0.25) is 15.8 Å². The van der Waals surface area contributed by atoms with Crippen LogP contribution in [0.4, 0.5) is 0 Å². The molecule has 1 atom stereocenters. The molecule has 2 N–H and O–H groups in total. The van der Waals surface area contributed by atoms with Gasteiger partial charge in [-0.15, -0.1) is 0 Å². The van der Waals surface area contributed by atoms with Crippen molar-refractivity contribution in [2.24, 2.45) is 0 Å². The fourth-order valence-electron chi connectivity index (χ4n) is 2.02. The third-order valence-electron chi connectivity index (χ3n) is 2.71. The van der Waals surface area contributed by atoms with E-state index in [1.165, 1.54) is 6.33 Å². The summed E-state index contributed by atoms with van der Waals surface area (Å²) in [5, 5.41) is 6.13. The van der Waals surface area contributed by atoms with Crippen molar-refractivity contribution < 1.29 is 13.2 Å².